The predicted octanol–water partition coefficient (Wildman–Crippen LogP) is 2.53. The zero-order valence-corrected chi connectivity index (χ0v) is 11.4. The zero-order valence-electron chi connectivity index (χ0n) is 9.00. The van der Waals surface area contributed by atoms with E-state index in [0.29, 0.717) is 0 Å². The molecular weight excluding hydrogens is 291 g/mol. The van der Waals surface area contributed by atoms with Crippen molar-refractivity contribution in [3.63, 3.8) is 0 Å². The van der Waals surface area contributed by atoms with Crippen molar-refractivity contribution >= 4 is 34.2 Å². The molecule has 0 aliphatic carbocycles. The minimum absolute atomic E-state index is 0. The third kappa shape index (κ3) is 2.75. The molecule has 1 amide bonds. The number of benzene rings is 1. The lowest BCUT2D eigenvalue weighted by Crippen LogP contribution is -2.37. The van der Waals surface area contributed by atoms with Crippen molar-refractivity contribution in [3.8, 4) is 0 Å². The molecule has 5 heteroatoms. The second-order valence-corrected chi connectivity index (χ2v) is 4.56. The minimum atomic E-state index is 0. The maximum absolute atomic E-state index is 12.0. The summed E-state index contributed by atoms with van der Waals surface area (Å²) in [5.74, 6) is 0.0411. The second-order valence-electron chi connectivity index (χ2n) is 3.70. The van der Waals surface area contributed by atoms with Gasteiger partial charge in [0.05, 0.1) is 5.56 Å². The maximum Gasteiger partial charge on any atom is 0.269 e. The van der Waals surface area contributed by atoms with Crippen molar-refractivity contribution in [1.29, 1.82) is 0 Å². The molecule has 0 bridgehead atoms. The third-order valence-corrected chi connectivity index (χ3v) is 3.12. The quantitative estimate of drug-likeness (QED) is 0.865. The van der Waals surface area contributed by atoms with Crippen LogP contribution in [0.2, 0.25) is 0 Å². The molecule has 2 rings (SSSR count). The highest BCUT2D eigenvalue weighted by Crippen LogP contribution is 2.20. The van der Waals surface area contributed by atoms with Crippen LogP contribution >= 0.6 is 28.3 Å². The summed E-state index contributed by atoms with van der Waals surface area (Å²) in [6.45, 7) is 3.68. The Morgan fingerprint density at radius 2 is 2.25 bits per heavy atom. The number of carbonyl (C=O) groups excluding carboxylic acids is 1. The zero-order chi connectivity index (χ0) is 10.8. The topological polar surface area (TPSA) is 32.3 Å². The molecule has 0 aromatic heterocycles. The van der Waals surface area contributed by atoms with Crippen LogP contribution in [0.5, 0.6) is 0 Å². The number of carbonyl (C=O) groups is 1. The molecular formula is C11H14BrClN2O. The number of rotatable bonds is 1. The van der Waals surface area contributed by atoms with E-state index in [-0.39, 0.29) is 18.3 Å². The van der Waals surface area contributed by atoms with Gasteiger partial charge in [-0.3, -0.25) is 9.80 Å². The lowest BCUT2D eigenvalue weighted by atomic mass is 10.1. The summed E-state index contributed by atoms with van der Waals surface area (Å²) in [4.78, 5) is 12.0. The molecule has 1 aliphatic heterocycles. The molecule has 0 unspecified atom stereocenters. The molecule has 1 aromatic carbocycles. The molecule has 1 saturated heterocycles. The average molecular weight is 306 g/mol. The van der Waals surface area contributed by atoms with Gasteiger partial charge in [-0.1, -0.05) is 6.07 Å². The highest BCUT2D eigenvalue weighted by molar-refractivity contribution is 9.10. The van der Waals surface area contributed by atoms with E-state index in [4.69, 9.17) is 0 Å². The van der Waals surface area contributed by atoms with Crippen LogP contribution in [0.3, 0.4) is 0 Å². The number of nitrogens with one attached hydrogen (secondary N) is 1. The van der Waals surface area contributed by atoms with Gasteiger partial charge < -0.3 is 0 Å². The normalized spacial score (nSPS) is 14.8. The average Bonchev–Trinajstić information content (AvgIpc) is 2.69. The van der Waals surface area contributed by atoms with Gasteiger partial charge in [0.15, 0.2) is 0 Å². The largest absolute Gasteiger partial charge is 0.274 e. The van der Waals surface area contributed by atoms with Crippen molar-refractivity contribution < 1.29 is 4.79 Å². The van der Waals surface area contributed by atoms with E-state index in [9.17, 15) is 4.79 Å². The summed E-state index contributed by atoms with van der Waals surface area (Å²) >= 11 is 3.42. The molecule has 1 heterocycles. The number of hydrogen-bond donors (Lipinski definition) is 1. The first-order valence-corrected chi connectivity index (χ1v) is 5.79. The Morgan fingerprint density at radius 3 is 2.81 bits per heavy atom. The fraction of sp³-hybridized carbons (Fsp3) is 0.364. The molecule has 0 atom stereocenters. The first kappa shape index (κ1) is 13.5. The van der Waals surface area contributed by atoms with E-state index < -0.39 is 0 Å². The third-order valence-electron chi connectivity index (χ3n) is 2.46. The lowest BCUT2D eigenvalue weighted by molar-refractivity contribution is 0.0725. The highest BCUT2D eigenvalue weighted by atomic mass is 79.9. The molecule has 0 saturated carbocycles. The van der Waals surface area contributed by atoms with Crippen molar-refractivity contribution in [2.45, 2.75) is 13.3 Å². The summed E-state index contributed by atoms with van der Waals surface area (Å²) in [6.07, 6.45) is 1.02. The monoisotopic (exact) mass is 304 g/mol. The Bertz CT molecular complexity index is 392. The van der Waals surface area contributed by atoms with Crippen molar-refractivity contribution in [3.05, 3.63) is 33.8 Å². The Morgan fingerprint density at radius 1 is 1.50 bits per heavy atom. The van der Waals surface area contributed by atoms with Gasteiger partial charge in [-0.05, 0) is 47.0 Å². The summed E-state index contributed by atoms with van der Waals surface area (Å²) in [5, 5.41) is 1.68. The smallest absolute Gasteiger partial charge is 0.269 e. The number of nitrogens with zero attached hydrogens (tertiary/aromatic N) is 1. The van der Waals surface area contributed by atoms with Crippen LogP contribution < -0.4 is 5.43 Å². The number of halogens is 2. The van der Waals surface area contributed by atoms with Crippen molar-refractivity contribution in [2.75, 3.05) is 13.1 Å². The molecule has 3 nitrogen and oxygen atoms in total. The van der Waals surface area contributed by atoms with Crippen LogP contribution in [0.1, 0.15) is 22.3 Å². The van der Waals surface area contributed by atoms with Crippen LogP contribution in [0.4, 0.5) is 0 Å². The van der Waals surface area contributed by atoms with E-state index >= 15 is 0 Å². The molecule has 1 N–H and O–H groups in total. The van der Waals surface area contributed by atoms with E-state index in [1.807, 2.05) is 25.1 Å². The highest BCUT2D eigenvalue weighted by Gasteiger charge is 2.20. The molecule has 1 fully saturated rings. The molecule has 0 spiro atoms. The number of aryl methyl sites for hydroxylation is 1. The van der Waals surface area contributed by atoms with Crippen LogP contribution in [0.25, 0.3) is 0 Å². The Kier molecular flexibility index (Phi) is 4.77. The minimum Gasteiger partial charge on any atom is -0.274 e. The standard InChI is InChI=1S/C11H13BrN2O.ClH/c1-8-3-4-9(10(12)7-8)11(15)14-6-2-5-13-14;/h3-4,7,13H,2,5-6H2,1H3;1H. The van der Waals surface area contributed by atoms with Crippen molar-refractivity contribution in [2.24, 2.45) is 0 Å². The Balaban J connectivity index is 0.00000128. The molecule has 1 aromatic rings. The Labute approximate surface area is 110 Å². The van der Waals surface area contributed by atoms with Gasteiger partial charge in [0, 0.05) is 17.6 Å². The summed E-state index contributed by atoms with van der Waals surface area (Å²) in [6, 6.07) is 5.78. The van der Waals surface area contributed by atoms with Crippen LogP contribution in [-0.4, -0.2) is 24.0 Å². The summed E-state index contributed by atoms with van der Waals surface area (Å²) in [7, 11) is 0. The number of hydrazine groups is 1. The van der Waals surface area contributed by atoms with Gasteiger partial charge >= 0.3 is 0 Å². The van der Waals surface area contributed by atoms with E-state index in [1.165, 1.54) is 0 Å². The predicted molar refractivity (Wildman–Crippen MR) is 69.8 cm³/mol. The van der Waals surface area contributed by atoms with Gasteiger partial charge in [0.1, 0.15) is 0 Å². The van der Waals surface area contributed by atoms with Crippen LogP contribution in [0, 0.1) is 6.92 Å². The molecule has 88 valence electrons. The van der Waals surface area contributed by atoms with Gasteiger partial charge in [-0.15, -0.1) is 12.4 Å². The van der Waals surface area contributed by atoms with E-state index in [1.54, 1.807) is 5.01 Å². The van der Waals surface area contributed by atoms with Gasteiger partial charge in [-0.2, -0.15) is 0 Å². The van der Waals surface area contributed by atoms with E-state index in [0.717, 1.165) is 35.1 Å². The van der Waals surface area contributed by atoms with E-state index in [2.05, 4.69) is 21.4 Å². The van der Waals surface area contributed by atoms with Crippen LogP contribution in [-0.2, 0) is 0 Å². The second kappa shape index (κ2) is 5.66. The SMILES string of the molecule is Cc1ccc(C(=O)N2CCCN2)c(Br)c1.Cl. The van der Waals surface area contributed by atoms with Gasteiger partial charge in [-0.25, -0.2) is 5.43 Å². The van der Waals surface area contributed by atoms with Crippen LogP contribution in [0.15, 0.2) is 22.7 Å². The summed E-state index contributed by atoms with van der Waals surface area (Å²) in [5.41, 5.74) is 4.92. The van der Waals surface area contributed by atoms with Crippen molar-refractivity contribution in [1.82, 2.24) is 10.4 Å². The lowest BCUT2D eigenvalue weighted by Gasteiger charge is -2.16. The Hall–Kier alpha value is -0.580. The van der Waals surface area contributed by atoms with Gasteiger partial charge in [0.2, 0.25) is 0 Å². The molecule has 16 heavy (non-hydrogen) atoms. The number of hydrogen-bond acceptors (Lipinski definition) is 2. The molecule has 1 aliphatic rings. The maximum atomic E-state index is 12.0. The fourth-order valence-electron chi connectivity index (χ4n) is 1.64. The first-order chi connectivity index (χ1) is 7.18. The summed E-state index contributed by atoms with van der Waals surface area (Å²) < 4.78 is 0.862. The molecule has 0 radical (unpaired) electrons. The number of amides is 1. The fourth-order valence-corrected chi connectivity index (χ4v) is 2.31. The first-order valence-electron chi connectivity index (χ1n) is 5.00. The van der Waals surface area contributed by atoms with Gasteiger partial charge in [0.25, 0.3) is 5.91 Å².